The lowest BCUT2D eigenvalue weighted by molar-refractivity contribution is 0.171. The van der Waals surface area contributed by atoms with Crippen molar-refractivity contribution in [3.63, 3.8) is 0 Å². The van der Waals surface area contributed by atoms with E-state index in [1.807, 2.05) is 24.3 Å². The molecule has 3 rings (SSSR count). The average Bonchev–Trinajstić information content (AvgIpc) is 3.25. The fourth-order valence-corrected chi connectivity index (χ4v) is 3.35. The predicted molar refractivity (Wildman–Crippen MR) is 125 cm³/mol. The Morgan fingerprint density at radius 2 is 1.93 bits per heavy atom. The molecule has 1 aromatic heterocycles. The molecule has 29 heavy (non-hydrogen) atoms. The number of guanidine groups is 1. The Kier molecular flexibility index (Phi) is 9.59. The second kappa shape index (κ2) is 11.9. The molecule has 1 N–H and O–H groups in total. The highest BCUT2D eigenvalue weighted by Gasteiger charge is 2.21. The first-order valence-electron chi connectivity index (χ1n) is 9.72. The minimum atomic E-state index is 0. The average molecular weight is 514 g/mol. The van der Waals surface area contributed by atoms with Gasteiger partial charge in [0.05, 0.1) is 20.5 Å². The Hall–Kier alpha value is -1.94. The molecule has 7 nitrogen and oxygen atoms in total. The highest BCUT2D eigenvalue weighted by Crippen LogP contribution is 2.25. The molecule has 0 atom stereocenters. The summed E-state index contributed by atoms with van der Waals surface area (Å²) in [4.78, 5) is 9.47. The Morgan fingerprint density at radius 1 is 1.14 bits per heavy atom. The third-order valence-electron chi connectivity index (χ3n) is 4.85. The summed E-state index contributed by atoms with van der Waals surface area (Å²) in [5.74, 6) is 3.57. The maximum atomic E-state index is 5.51. The number of aliphatic imine (C=N–C) groups is 1. The largest absolute Gasteiger partial charge is 0.497 e. The summed E-state index contributed by atoms with van der Waals surface area (Å²) in [6, 6.07) is 9.80. The molecule has 2 heterocycles. The van der Waals surface area contributed by atoms with Gasteiger partial charge in [-0.15, -0.1) is 24.0 Å². The first-order chi connectivity index (χ1) is 13.7. The monoisotopic (exact) mass is 514 g/mol. The van der Waals surface area contributed by atoms with Gasteiger partial charge in [0.2, 0.25) is 0 Å². The number of hydrogen-bond acceptors (Lipinski definition) is 5. The van der Waals surface area contributed by atoms with Crippen LogP contribution in [0.2, 0.25) is 0 Å². The molecule has 0 amide bonds. The summed E-state index contributed by atoms with van der Waals surface area (Å²) < 4.78 is 16.3. The third-order valence-corrected chi connectivity index (χ3v) is 4.85. The van der Waals surface area contributed by atoms with Gasteiger partial charge >= 0.3 is 0 Å². The molecular formula is C21H31IN4O3. The summed E-state index contributed by atoms with van der Waals surface area (Å²) in [6.07, 6.45) is 1.68. The van der Waals surface area contributed by atoms with Crippen LogP contribution in [0.1, 0.15) is 18.2 Å². The summed E-state index contributed by atoms with van der Waals surface area (Å²) in [5.41, 5.74) is 1.15. The van der Waals surface area contributed by atoms with Crippen LogP contribution in [0.25, 0.3) is 0 Å². The number of ether oxygens (including phenoxy) is 2. The van der Waals surface area contributed by atoms with Crippen LogP contribution in [0, 0.1) is 0 Å². The zero-order valence-corrected chi connectivity index (χ0v) is 19.7. The molecule has 0 unspecified atom stereocenters. The van der Waals surface area contributed by atoms with Gasteiger partial charge in [0, 0.05) is 44.8 Å². The van der Waals surface area contributed by atoms with E-state index in [9.17, 15) is 0 Å². The highest BCUT2D eigenvalue weighted by atomic mass is 127. The van der Waals surface area contributed by atoms with Gasteiger partial charge in [0.1, 0.15) is 23.8 Å². The number of rotatable bonds is 7. The number of benzene rings is 1. The lowest BCUT2D eigenvalue weighted by atomic mass is 10.1. The lowest BCUT2D eigenvalue weighted by Crippen LogP contribution is -2.52. The van der Waals surface area contributed by atoms with E-state index in [4.69, 9.17) is 18.9 Å². The van der Waals surface area contributed by atoms with E-state index in [1.54, 1.807) is 20.5 Å². The van der Waals surface area contributed by atoms with Crippen LogP contribution in [-0.4, -0.2) is 62.7 Å². The predicted octanol–water partition coefficient (Wildman–Crippen LogP) is 3.20. The van der Waals surface area contributed by atoms with Crippen LogP contribution in [0.15, 0.2) is 46.0 Å². The zero-order chi connectivity index (χ0) is 19.8. The Morgan fingerprint density at radius 3 is 2.55 bits per heavy atom. The van der Waals surface area contributed by atoms with E-state index in [-0.39, 0.29) is 24.0 Å². The van der Waals surface area contributed by atoms with Crippen molar-refractivity contribution in [2.75, 3.05) is 46.9 Å². The molecule has 1 aliphatic heterocycles. The number of nitrogens with zero attached hydrogens (tertiary/aromatic N) is 3. The molecule has 0 spiro atoms. The van der Waals surface area contributed by atoms with Gasteiger partial charge in [-0.25, -0.2) is 4.99 Å². The van der Waals surface area contributed by atoms with Crippen LogP contribution in [0.4, 0.5) is 0 Å². The van der Waals surface area contributed by atoms with Crippen LogP contribution in [-0.2, 0) is 13.1 Å². The van der Waals surface area contributed by atoms with Gasteiger partial charge in [-0.05, 0) is 37.3 Å². The molecule has 1 aromatic carbocycles. The van der Waals surface area contributed by atoms with Crippen molar-refractivity contribution in [1.29, 1.82) is 0 Å². The fraction of sp³-hybridized carbons (Fsp3) is 0.476. The van der Waals surface area contributed by atoms with Gasteiger partial charge < -0.3 is 24.1 Å². The van der Waals surface area contributed by atoms with Crippen LogP contribution in [0.5, 0.6) is 11.5 Å². The first kappa shape index (κ1) is 23.3. The second-order valence-corrected chi connectivity index (χ2v) is 6.69. The minimum absolute atomic E-state index is 0. The molecule has 160 valence electrons. The summed E-state index contributed by atoms with van der Waals surface area (Å²) >= 11 is 0. The molecule has 1 aliphatic rings. The van der Waals surface area contributed by atoms with E-state index < -0.39 is 0 Å². The topological polar surface area (TPSA) is 62.5 Å². The maximum Gasteiger partial charge on any atom is 0.194 e. The Bertz CT molecular complexity index is 759. The van der Waals surface area contributed by atoms with E-state index in [0.29, 0.717) is 6.54 Å². The molecule has 1 fully saturated rings. The Labute approximate surface area is 190 Å². The quantitative estimate of drug-likeness (QED) is 0.348. The van der Waals surface area contributed by atoms with Crippen molar-refractivity contribution >= 4 is 29.9 Å². The summed E-state index contributed by atoms with van der Waals surface area (Å²) in [6.45, 7) is 8.11. The molecular weight excluding hydrogens is 483 g/mol. The minimum Gasteiger partial charge on any atom is -0.497 e. The molecule has 1 saturated heterocycles. The number of furan rings is 1. The van der Waals surface area contributed by atoms with Gasteiger partial charge in [-0.3, -0.25) is 4.90 Å². The van der Waals surface area contributed by atoms with Crippen molar-refractivity contribution in [3.05, 3.63) is 47.9 Å². The molecule has 2 aromatic rings. The fourth-order valence-electron chi connectivity index (χ4n) is 3.35. The van der Waals surface area contributed by atoms with Crippen LogP contribution < -0.4 is 14.8 Å². The summed E-state index contributed by atoms with van der Waals surface area (Å²) in [7, 11) is 3.40. The molecule has 0 bridgehead atoms. The second-order valence-electron chi connectivity index (χ2n) is 6.69. The highest BCUT2D eigenvalue weighted by molar-refractivity contribution is 14.0. The standard InChI is InChI=1S/C21H30N4O3.HI/c1-4-22-21(23-15-19-6-5-13-28-19)25-11-9-24(10-12-25)16-17-14-18(26-2)7-8-20(17)27-3;/h5-8,13-14H,4,9-12,15-16H2,1-3H3,(H,22,23);1H. The molecule has 0 aliphatic carbocycles. The lowest BCUT2D eigenvalue weighted by Gasteiger charge is -2.36. The van der Waals surface area contributed by atoms with E-state index >= 15 is 0 Å². The van der Waals surface area contributed by atoms with E-state index in [2.05, 4.69) is 28.1 Å². The van der Waals surface area contributed by atoms with Gasteiger partial charge in [0.25, 0.3) is 0 Å². The van der Waals surface area contributed by atoms with Crippen molar-refractivity contribution in [1.82, 2.24) is 15.1 Å². The smallest absolute Gasteiger partial charge is 0.194 e. The van der Waals surface area contributed by atoms with E-state index in [1.165, 1.54) is 0 Å². The first-order valence-corrected chi connectivity index (χ1v) is 9.72. The normalized spacial score (nSPS) is 15.0. The van der Waals surface area contributed by atoms with E-state index in [0.717, 1.165) is 68.1 Å². The van der Waals surface area contributed by atoms with Gasteiger partial charge in [-0.1, -0.05) is 0 Å². The summed E-state index contributed by atoms with van der Waals surface area (Å²) in [5, 5.41) is 3.39. The molecule has 8 heteroatoms. The SMILES string of the molecule is CCNC(=NCc1ccco1)N1CCN(Cc2cc(OC)ccc2OC)CC1.I. The number of methoxy groups -OCH3 is 2. The van der Waals surface area contributed by atoms with Crippen molar-refractivity contribution in [3.8, 4) is 11.5 Å². The number of hydrogen-bond donors (Lipinski definition) is 1. The maximum absolute atomic E-state index is 5.51. The van der Waals surface area contributed by atoms with Crippen molar-refractivity contribution < 1.29 is 13.9 Å². The number of nitrogens with one attached hydrogen (secondary N) is 1. The third kappa shape index (κ3) is 6.53. The zero-order valence-electron chi connectivity index (χ0n) is 17.4. The van der Waals surface area contributed by atoms with Crippen LogP contribution >= 0.6 is 24.0 Å². The number of piperazine rings is 1. The van der Waals surface area contributed by atoms with Crippen molar-refractivity contribution in [2.45, 2.75) is 20.0 Å². The van der Waals surface area contributed by atoms with Crippen molar-refractivity contribution in [2.24, 2.45) is 4.99 Å². The molecule has 0 radical (unpaired) electrons. The number of halogens is 1. The van der Waals surface area contributed by atoms with Gasteiger partial charge in [-0.2, -0.15) is 0 Å². The van der Waals surface area contributed by atoms with Gasteiger partial charge in [0.15, 0.2) is 5.96 Å². The van der Waals surface area contributed by atoms with Crippen LogP contribution in [0.3, 0.4) is 0 Å². The molecule has 0 saturated carbocycles. The Balaban J connectivity index is 0.00000300.